The van der Waals surface area contributed by atoms with E-state index in [1.54, 1.807) is 4.90 Å². The van der Waals surface area contributed by atoms with Crippen LogP contribution < -0.4 is 4.74 Å². The van der Waals surface area contributed by atoms with Gasteiger partial charge in [0.15, 0.2) is 0 Å². The highest BCUT2D eigenvalue weighted by Gasteiger charge is 2.26. The molecule has 0 radical (unpaired) electrons. The molecular weight excluding hydrogens is 408 g/mol. The highest BCUT2D eigenvalue weighted by atomic mass is 16.5. The second-order valence-electron chi connectivity index (χ2n) is 8.83. The van der Waals surface area contributed by atoms with Gasteiger partial charge >= 0.3 is 0 Å². The fraction of sp³-hybridized carbons (Fsp3) is 0.480. The maximum Gasteiger partial charge on any atom is 0.210 e. The predicted octanol–water partition coefficient (Wildman–Crippen LogP) is 3.46. The summed E-state index contributed by atoms with van der Waals surface area (Å²) in [5.41, 5.74) is 4.22. The monoisotopic (exact) mass is 440 g/mol. The van der Waals surface area contributed by atoms with Gasteiger partial charge in [0.05, 0.1) is 19.8 Å². The van der Waals surface area contributed by atoms with Gasteiger partial charge in [0.1, 0.15) is 17.2 Å². The number of hydrogen-bond donors (Lipinski definition) is 2. The Morgan fingerprint density at radius 2 is 1.88 bits per heavy atom. The number of ether oxygens (including phenoxy) is 2. The summed E-state index contributed by atoms with van der Waals surface area (Å²) in [6, 6.07) is 7.18. The SMILES string of the molecule is CC(C)c1cc(-c2ccc3c(c2OCCCN2CCOCC2)CN(C=O)C3)c(O)cc1O. The number of amides is 1. The van der Waals surface area contributed by atoms with Gasteiger partial charge in [0.25, 0.3) is 0 Å². The summed E-state index contributed by atoms with van der Waals surface area (Å²) in [5, 5.41) is 20.9. The van der Waals surface area contributed by atoms with Crippen molar-refractivity contribution in [1.29, 1.82) is 0 Å². The van der Waals surface area contributed by atoms with Gasteiger partial charge in [-0.2, -0.15) is 0 Å². The Labute approximate surface area is 189 Å². The molecule has 1 amide bonds. The summed E-state index contributed by atoms with van der Waals surface area (Å²) in [6.45, 7) is 9.97. The maximum atomic E-state index is 11.4. The van der Waals surface area contributed by atoms with Crippen LogP contribution in [0.15, 0.2) is 24.3 Å². The number of hydrogen-bond acceptors (Lipinski definition) is 6. The van der Waals surface area contributed by atoms with Crippen LogP contribution in [0, 0.1) is 0 Å². The Hall–Kier alpha value is -2.77. The molecule has 2 N–H and O–H groups in total. The minimum Gasteiger partial charge on any atom is -0.508 e. The van der Waals surface area contributed by atoms with E-state index in [0.717, 1.165) is 67.9 Å². The quantitative estimate of drug-likeness (QED) is 0.483. The van der Waals surface area contributed by atoms with E-state index in [9.17, 15) is 15.0 Å². The highest BCUT2D eigenvalue weighted by Crippen LogP contribution is 2.44. The molecular formula is C25H32N2O5. The number of fused-ring (bicyclic) bond motifs is 1. The zero-order valence-corrected chi connectivity index (χ0v) is 18.8. The molecule has 0 saturated carbocycles. The van der Waals surface area contributed by atoms with E-state index in [0.29, 0.717) is 31.0 Å². The third-order valence-electron chi connectivity index (χ3n) is 6.27. The first-order valence-electron chi connectivity index (χ1n) is 11.3. The van der Waals surface area contributed by atoms with Gasteiger partial charge < -0.3 is 24.6 Å². The lowest BCUT2D eigenvalue weighted by molar-refractivity contribution is -0.118. The topological polar surface area (TPSA) is 82.5 Å². The molecule has 172 valence electrons. The summed E-state index contributed by atoms with van der Waals surface area (Å²) in [7, 11) is 0. The molecule has 2 aliphatic rings. The predicted molar refractivity (Wildman–Crippen MR) is 122 cm³/mol. The highest BCUT2D eigenvalue weighted by molar-refractivity contribution is 5.79. The molecule has 0 atom stereocenters. The Bertz CT molecular complexity index is 969. The molecule has 2 aliphatic heterocycles. The molecule has 2 heterocycles. The number of rotatable bonds is 8. The minimum atomic E-state index is 0.00950. The second-order valence-corrected chi connectivity index (χ2v) is 8.83. The molecule has 0 spiro atoms. The van der Waals surface area contributed by atoms with Crippen molar-refractivity contribution < 1.29 is 24.5 Å². The lowest BCUT2D eigenvalue weighted by Gasteiger charge is -2.26. The lowest BCUT2D eigenvalue weighted by Crippen LogP contribution is -2.37. The van der Waals surface area contributed by atoms with E-state index in [1.165, 1.54) is 6.07 Å². The van der Waals surface area contributed by atoms with Crippen molar-refractivity contribution >= 4 is 6.41 Å². The third-order valence-corrected chi connectivity index (χ3v) is 6.27. The Balaban J connectivity index is 1.63. The number of phenols is 2. The average molecular weight is 441 g/mol. The fourth-order valence-corrected chi connectivity index (χ4v) is 4.48. The van der Waals surface area contributed by atoms with Crippen LogP contribution in [0.1, 0.15) is 42.9 Å². The smallest absolute Gasteiger partial charge is 0.210 e. The lowest BCUT2D eigenvalue weighted by atomic mass is 9.93. The van der Waals surface area contributed by atoms with Gasteiger partial charge in [-0.05, 0) is 29.5 Å². The molecule has 2 aromatic rings. The third kappa shape index (κ3) is 4.69. The molecule has 1 fully saturated rings. The first kappa shape index (κ1) is 22.4. The Kier molecular flexibility index (Phi) is 6.86. The van der Waals surface area contributed by atoms with Crippen LogP contribution in [0.5, 0.6) is 17.2 Å². The van der Waals surface area contributed by atoms with E-state index in [-0.39, 0.29) is 17.4 Å². The number of phenolic OH excluding ortho intramolecular Hbond substituents is 2. The van der Waals surface area contributed by atoms with Gasteiger partial charge in [0.2, 0.25) is 6.41 Å². The van der Waals surface area contributed by atoms with Gasteiger partial charge in [-0.3, -0.25) is 9.69 Å². The molecule has 0 aliphatic carbocycles. The van der Waals surface area contributed by atoms with Crippen molar-refractivity contribution in [2.24, 2.45) is 0 Å². The first-order valence-corrected chi connectivity index (χ1v) is 11.3. The van der Waals surface area contributed by atoms with Crippen LogP contribution in [-0.4, -0.2) is 65.9 Å². The minimum absolute atomic E-state index is 0.00950. The van der Waals surface area contributed by atoms with Gasteiger partial charge in [-0.25, -0.2) is 0 Å². The summed E-state index contributed by atoms with van der Waals surface area (Å²) in [4.78, 5) is 15.5. The van der Waals surface area contributed by atoms with Crippen molar-refractivity contribution in [2.75, 3.05) is 39.5 Å². The van der Waals surface area contributed by atoms with E-state index < -0.39 is 0 Å². The zero-order chi connectivity index (χ0) is 22.7. The van der Waals surface area contributed by atoms with Crippen LogP contribution in [0.3, 0.4) is 0 Å². The summed E-state index contributed by atoms with van der Waals surface area (Å²) >= 11 is 0. The Morgan fingerprint density at radius 1 is 1.09 bits per heavy atom. The molecule has 0 aromatic heterocycles. The van der Waals surface area contributed by atoms with Crippen LogP contribution in [-0.2, 0) is 22.6 Å². The molecule has 4 rings (SSSR count). The number of aromatic hydroxyl groups is 2. The molecule has 0 bridgehead atoms. The van der Waals surface area contributed by atoms with E-state index in [4.69, 9.17) is 9.47 Å². The summed E-state index contributed by atoms with van der Waals surface area (Å²) < 4.78 is 11.7. The summed E-state index contributed by atoms with van der Waals surface area (Å²) in [6.07, 6.45) is 1.73. The van der Waals surface area contributed by atoms with E-state index in [2.05, 4.69) is 4.90 Å². The second kappa shape index (κ2) is 9.79. The average Bonchev–Trinajstić information content (AvgIpc) is 3.21. The molecule has 2 aromatic carbocycles. The van der Waals surface area contributed by atoms with Crippen LogP contribution in [0.2, 0.25) is 0 Å². The van der Waals surface area contributed by atoms with Crippen molar-refractivity contribution in [3.05, 3.63) is 41.0 Å². The number of nitrogens with zero attached hydrogens (tertiary/aromatic N) is 2. The van der Waals surface area contributed by atoms with E-state index in [1.807, 2.05) is 32.0 Å². The molecule has 7 heteroatoms. The number of carbonyl (C=O) groups excluding carboxylic acids is 1. The van der Waals surface area contributed by atoms with E-state index >= 15 is 0 Å². The first-order chi connectivity index (χ1) is 15.5. The number of benzene rings is 2. The van der Waals surface area contributed by atoms with Crippen LogP contribution in [0.4, 0.5) is 0 Å². The van der Waals surface area contributed by atoms with Gasteiger partial charge in [-0.15, -0.1) is 0 Å². The van der Waals surface area contributed by atoms with Crippen molar-refractivity contribution in [3.63, 3.8) is 0 Å². The van der Waals surface area contributed by atoms with Crippen molar-refractivity contribution in [2.45, 2.75) is 39.3 Å². The number of carbonyl (C=O) groups is 1. The maximum absolute atomic E-state index is 11.4. The molecule has 32 heavy (non-hydrogen) atoms. The molecule has 0 unspecified atom stereocenters. The molecule has 7 nitrogen and oxygen atoms in total. The van der Waals surface area contributed by atoms with Crippen LogP contribution >= 0.6 is 0 Å². The zero-order valence-electron chi connectivity index (χ0n) is 18.8. The Morgan fingerprint density at radius 3 is 2.59 bits per heavy atom. The summed E-state index contributed by atoms with van der Waals surface area (Å²) in [5.74, 6) is 0.912. The normalized spacial score (nSPS) is 16.4. The standard InChI is InChI=1S/C25H32N2O5/c1-17(2)20-12-21(24(30)13-23(20)29)19-5-4-18-14-27(16-28)15-22(18)25(19)32-9-3-6-26-7-10-31-11-8-26/h4-5,12-13,16-17,29-30H,3,6-11,14-15H2,1-2H3. The van der Waals surface area contributed by atoms with Gasteiger partial charge in [-0.1, -0.05) is 26.0 Å². The van der Waals surface area contributed by atoms with Crippen molar-refractivity contribution in [1.82, 2.24) is 9.80 Å². The van der Waals surface area contributed by atoms with Gasteiger partial charge in [0, 0.05) is 55.5 Å². The number of morpholine rings is 1. The fourth-order valence-electron chi connectivity index (χ4n) is 4.48. The van der Waals surface area contributed by atoms with Crippen LogP contribution in [0.25, 0.3) is 11.1 Å². The largest absolute Gasteiger partial charge is 0.508 e. The molecule has 1 saturated heterocycles. The van der Waals surface area contributed by atoms with Crippen molar-refractivity contribution in [3.8, 4) is 28.4 Å².